The van der Waals surface area contributed by atoms with E-state index in [9.17, 15) is 0 Å². The van der Waals surface area contributed by atoms with Gasteiger partial charge in [-0.1, -0.05) is 18.2 Å². The first-order valence-corrected chi connectivity index (χ1v) is 12.5. The lowest BCUT2D eigenvalue weighted by Gasteiger charge is -2.31. The number of aryl methyl sites for hydroxylation is 1. The summed E-state index contributed by atoms with van der Waals surface area (Å²) in [5.41, 5.74) is 5.21. The molecule has 0 amide bonds. The Balaban J connectivity index is 1.15. The Morgan fingerprint density at radius 1 is 0.857 bits per heavy atom. The maximum atomic E-state index is 5.53. The summed E-state index contributed by atoms with van der Waals surface area (Å²) in [7, 11) is 1.92. The maximum absolute atomic E-state index is 5.53. The summed E-state index contributed by atoms with van der Waals surface area (Å²) in [4.78, 5) is 9.33. The second kappa shape index (κ2) is 9.71. The van der Waals surface area contributed by atoms with Crippen molar-refractivity contribution >= 4 is 0 Å². The average molecular weight is 470 g/mol. The fourth-order valence-electron chi connectivity index (χ4n) is 5.28. The molecule has 35 heavy (non-hydrogen) atoms. The van der Waals surface area contributed by atoms with Crippen LogP contribution in [0.1, 0.15) is 38.1 Å². The fourth-order valence-corrected chi connectivity index (χ4v) is 5.28. The van der Waals surface area contributed by atoms with Crippen LogP contribution in [0.2, 0.25) is 0 Å². The molecular weight excluding hydrogens is 438 g/mol. The van der Waals surface area contributed by atoms with Crippen molar-refractivity contribution < 1.29 is 4.74 Å². The summed E-state index contributed by atoms with van der Waals surface area (Å²) in [6.45, 7) is 1.73. The standard InChI is InChI=1S/C27H31N7O/c1-33-16-22(14-30-33)19-4-2-5-20(10-19)27-28-12-21(13-29-27)23-15-31-34(17-23)26-7-3-6-24(11-26)32-25-8-9-35-18-25/h2,4-5,10,12-17,24-26,32H,3,6-9,11,18H2,1H3/t24-,25?,26+/m1/s1. The quantitative estimate of drug-likeness (QED) is 0.454. The van der Waals surface area contributed by atoms with E-state index in [0.717, 1.165) is 53.9 Å². The Morgan fingerprint density at radius 2 is 1.69 bits per heavy atom. The molecule has 8 heteroatoms. The number of hydrogen-bond acceptors (Lipinski definition) is 6. The second-order valence-corrected chi connectivity index (χ2v) is 9.73. The number of ether oxygens (including phenoxy) is 1. The monoisotopic (exact) mass is 469 g/mol. The normalized spacial score (nSPS) is 22.5. The Morgan fingerprint density at radius 3 is 2.49 bits per heavy atom. The van der Waals surface area contributed by atoms with Crippen molar-refractivity contribution in [2.45, 2.75) is 50.2 Å². The first-order valence-electron chi connectivity index (χ1n) is 12.5. The molecule has 0 spiro atoms. The third kappa shape index (κ3) is 4.90. The van der Waals surface area contributed by atoms with Crippen LogP contribution < -0.4 is 5.32 Å². The molecule has 1 aliphatic heterocycles. The Labute approximate surface area is 205 Å². The smallest absolute Gasteiger partial charge is 0.159 e. The van der Waals surface area contributed by atoms with Crippen LogP contribution in [-0.4, -0.2) is 54.8 Å². The molecule has 1 aliphatic carbocycles. The van der Waals surface area contributed by atoms with E-state index in [2.05, 4.69) is 43.4 Å². The van der Waals surface area contributed by atoms with Gasteiger partial charge in [-0.25, -0.2) is 9.97 Å². The van der Waals surface area contributed by atoms with Crippen molar-refractivity contribution in [3.63, 3.8) is 0 Å². The highest BCUT2D eigenvalue weighted by atomic mass is 16.5. The van der Waals surface area contributed by atoms with Gasteiger partial charge in [0.25, 0.3) is 0 Å². The molecule has 2 aliphatic rings. The van der Waals surface area contributed by atoms with E-state index in [0.29, 0.717) is 23.9 Å². The molecule has 0 radical (unpaired) electrons. The highest BCUT2D eigenvalue weighted by Gasteiger charge is 2.27. The zero-order valence-corrected chi connectivity index (χ0v) is 20.0. The minimum Gasteiger partial charge on any atom is -0.380 e. The predicted molar refractivity (Wildman–Crippen MR) is 135 cm³/mol. The molecule has 4 aromatic rings. The van der Waals surface area contributed by atoms with E-state index in [1.165, 1.54) is 19.3 Å². The summed E-state index contributed by atoms with van der Waals surface area (Å²) in [6.07, 6.45) is 17.6. The van der Waals surface area contributed by atoms with Crippen LogP contribution in [0, 0.1) is 0 Å². The van der Waals surface area contributed by atoms with E-state index in [4.69, 9.17) is 9.84 Å². The first-order chi connectivity index (χ1) is 17.2. The molecule has 1 N–H and O–H groups in total. The number of aromatic nitrogens is 6. The van der Waals surface area contributed by atoms with E-state index in [-0.39, 0.29) is 0 Å². The van der Waals surface area contributed by atoms with Gasteiger partial charge in [0.2, 0.25) is 0 Å². The number of rotatable bonds is 6. The van der Waals surface area contributed by atoms with Gasteiger partial charge in [-0.2, -0.15) is 10.2 Å². The summed E-state index contributed by atoms with van der Waals surface area (Å²) in [6, 6.07) is 9.73. The van der Waals surface area contributed by atoms with Gasteiger partial charge in [-0.15, -0.1) is 0 Å². The molecule has 2 fully saturated rings. The SMILES string of the molecule is Cn1cc(-c2cccc(-c3ncc(-c4cnn([C@H]5CCC[C@@H](NC6CCOC6)C5)c4)cn3)c2)cn1. The van der Waals surface area contributed by atoms with Crippen molar-refractivity contribution in [3.8, 4) is 33.6 Å². The Bertz CT molecular complexity index is 1270. The van der Waals surface area contributed by atoms with Crippen molar-refractivity contribution in [1.82, 2.24) is 34.8 Å². The number of hydrogen-bond donors (Lipinski definition) is 1. The number of benzene rings is 1. The number of nitrogens with one attached hydrogen (secondary N) is 1. The van der Waals surface area contributed by atoms with Crippen LogP contribution >= 0.6 is 0 Å². The highest BCUT2D eigenvalue weighted by Crippen LogP contribution is 2.31. The summed E-state index contributed by atoms with van der Waals surface area (Å²) in [5.74, 6) is 0.712. The largest absolute Gasteiger partial charge is 0.380 e. The summed E-state index contributed by atoms with van der Waals surface area (Å²) >= 11 is 0. The fraction of sp³-hybridized carbons (Fsp3) is 0.407. The topological polar surface area (TPSA) is 82.7 Å². The molecule has 1 aromatic carbocycles. The van der Waals surface area contributed by atoms with Gasteiger partial charge in [0, 0.05) is 72.8 Å². The second-order valence-electron chi connectivity index (χ2n) is 9.73. The number of nitrogens with zero attached hydrogens (tertiary/aromatic N) is 6. The lowest BCUT2D eigenvalue weighted by atomic mass is 9.90. The molecule has 1 saturated carbocycles. The Hall–Kier alpha value is -3.36. The third-order valence-electron chi connectivity index (χ3n) is 7.17. The van der Waals surface area contributed by atoms with Crippen LogP contribution in [0.25, 0.3) is 33.6 Å². The van der Waals surface area contributed by atoms with Gasteiger partial charge in [-0.3, -0.25) is 9.36 Å². The van der Waals surface area contributed by atoms with Crippen LogP contribution in [0.4, 0.5) is 0 Å². The van der Waals surface area contributed by atoms with Gasteiger partial charge in [0.1, 0.15) is 0 Å². The van der Waals surface area contributed by atoms with Crippen LogP contribution in [0.3, 0.4) is 0 Å². The lowest BCUT2D eigenvalue weighted by molar-refractivity contribution is 0.182. The molecule has 3 atom stereocenters. The van der Waals surface area contributed by atoms with Crippen molar-refractivity contribution in [1.29, 1.82) is 0 Å². The molecule has 1 unspecified atom stereocenters. The van der Waals surface area contributed by atoms with Crippen LogP contribution in [0.15, 0.2) is 61.4 Å². The molecule has 0 bridgehead atoms. The van der Waals surface area contributed by atoms with Crippen LogP contribution in [0.5, 0.6) is 0 Å². The molecule has 4 heterocycles. The van der Waals surface area contributed by atoms with E-state index in [1.54, 1.807) is 0 Å². The summed E-state index contributed by atoms with van der Waals surface area (Å²) < 4.78 is 9.48. The minimum atomic E-state index is 0.424. The van der Waals surface area contributed by atoms with Crippen molar-refractivity contribution in [2.24, 2.45) is 7.05 Å². The van der Waals surface area contributed by atoms with E-state index >= 15 is 0 Å². The average Bonchev–Trinajstić information content (AvgIpc) is 3.67. The molecular formula is C27H31N7O. The summed E-state index contributed by atoms with van der Waals surface area (Å²) in [5, 5.41) is 12.8. The zero-order valence-electron chi connectivity index (χ0n) is 20.0. The van der Waals surface area contributed by atoms with Crippen LogP contribution in [-0.2, 0) is 11.8 Å². The molecule has 8 nitrogen and oxygen atoms in total. The minimum absolute atomic E-state index is 0.424. The molecule has 180 valence electrons. The zero-order chi connectivity index (χ0) is 23.6. The third-order valence-corrected chi connectivity index (χ3v) is 7.17. The maximum Gasteiger partial charge on any atom is 0.159 e. The lowest BCUT2D eigenvalue weighted by Crippen LogP contribution is -2.41. The van der Waals surface area contributed by atoms with Crippen molar-refractivity contribution in [3.05, 3.63) is 61.4 Å². The molecule has 6 rings (SSSR count). The predicted octanol–water partition coefficient (Wildman–Crippen LogP) is 4.27. The van der Waals surface area contributed by atoms with E-state index < -0.39 is 0 Å². The van der Waals surface area contributed by atoms with Gasteiger partial charge < -0.3 is 10.1 Å². The molecule has 3 aromatic heterocycles. The van der Waals surface area contributed by atoms with E-state index in [1.807, 2.05) is 54.8 Å². The van der Waals surface area contributed by atoms with Gasteiger partial charge >= 0.3 is 0 Å². The van der Waals surface area contributed by atoms with Gasteiger partial charge in [-0.05, 0) is 43.7 Å². The first kappa shape index (κ1) is 22.1. The Kier molecular flexibility index (Phi) is 6.14. The van der Waals surface area contributed by atoms with Crippen molar-refractivity contribution in [2.75, 3.05) is 13.2 Å². The molecule has 1 saturated heterocycles. The highest BCUT2D eigenvalue weighted by molar-refractivity contribution is 5.70. The van der Waals surface area contributed by atoms with Gasteiger partial charge in [0.15, 0.2) is 5.82 Å². The van der Waals surface area contributed by atoms with Gasteiger partial charge in [0.05, 0.1) is 25.0 Å².